The van der Waals surface area contributed by atoms with Gasteiger partial charge in [0.25, 0.3) is 11.5 Å². The number of nitrogens with zero attached hydrogens (tertiary/aromatic N) is 3. The van der Waals surface area contributed by atoms with Crippen LogP contribution in [0.2, 0.25) is 0 Å². The van der Waals surface area contributed by atoms with Crippen LogP contribution in [-0.2, 0) is 6.42 Å². The van der Waals surface area contributed by atoms with Gasteiger partial charge in [-0.15, -0.1) is 0 Å². The van der Waals surface area contributed by atoms with Crippen LogP contribution in [0, 0.1) is 5.92 Å². The van der Waals surface area contributed by atoms with Crippen molar-refractivity contribution in [3.63, 3.8) is 0 Å². The summed E-state index contributed by atoms with van der Waals surface area (Å²) in [6.07, 6.45) is 4.37. The number of likely N-dealkylation sites (tertiary alicyclic amines) is 1. The molecule has 0 radical (unpaired) electrons. The molecule has 31 heavy (non-hydrogen) atoms. The number of aryl methyl sites for hydroxylation is 1. The summed E-state index contributed by atoms with van der Waals surface area (Å²) in [6, 6.07) is 14.8. The molecule has 2 aromatic heterocycles. The van der Waals surface area contributed by atoms with Gasteiger partial charge in [-0.2, -0.15) is 0 Å². The molecule has 4 rings (SSSR count). The number of nitrogens with one attached hydrogen (secondary N) is 2. The first-order valence-electron chi connectivity index (χ1n) is 10.8. The van der Waals surface area contributed by atoms with Gasteiger partial charge in [0, 0.05) is 48.7 Å². The number of aromatic amines is 1. The molecule has 0 atom stereocenters. The van der Waals surface area contributed by atoms with Crippen LogP contribution in [0.1, 0.15) is 35.8 Å². The molecule has 0 aliphatic carbocycles. The number of carbonyl (C=O) groups is 1. The minimum absolute atomic E-state index is 0.114. The van der Waals surface area contributed by atoms with E-state index in [1.54, 1.807) is 6.20 Å². The molecule has 1 aromatic carbocycles. The summed E-state index contributed by atoms with van der Waals surface area (Å²) in [5.41, 5.74) is 2.15. The molecular weight excluding hydrogens is 390 g/mol. The first kappa shape index (κ1) is 20.8. The molecule has 1 aliphatic rings. The number of piperidine rings is 1. The van der Waals surface area contributed by atoms with Crippen LogP contribution in [0.25, 0.3) is 11.4 Å². The van der Waals surface area contributed by atoms with E-state index in [1.165, 1.54) is 6.07 Å². The molecule has 1 fully saturated rings. The molecule has 0 saturated carbocycles. The Labute approximate surface area is 181 Å². The standard InChI is InChI=1S/C24H27N5O2/c1-2-20-14-22(30)28-23(27-20)19-8-9-21(26-16-19)25-15-17-10-12-29(13-11-17)24(31)18-6-4-3-5-7-18/h3-9,14,16-17H,2,10-13,15H2,1H3,(H,25,26)(H,27,28,30). The van der Waals surface area contributed by atoms with Crippen molar-refractivity contribution in [3.8, 4) is 11.4 Å². The summed E-state index contributed by atoms with van der Waals surface area (Å²) in [7, 11) is 0. The lowest BCUT2D eigenvalue weighted by atomic mass is 9.96. The Morgan fingerprint density at radius 2 is 1.94 bits per heavy atom. The lowest BCUT2D eigenvalue weighted by molar-refractivity contribution is 0.0695. The van der Waals surface area contributed by atoms with Crippen LogP contribution >= 0.6 is 0 Å². The predicted octanol–water partition coefficient (Wildman–Crippen LogP) is 3.36. The molecule has 1 amide bonds. The van der Waals surface area contributed by atoms with Crippen LogP contribution in [-0.4, -0.2) is 45.4 Å². The van der Waals surface area contributed by atoms with E-state index in [4.69, 9.17) is 0 Å². The van der Waals surface area contributed by atoms with E-state index >= 15 is 0 Å². The zero-order valence-electron chi connectivity index (χ0n) is 17.7. The zero-order chi connectivity index (χ0) is 21.6. The van der Waals surface area contributed by atoms with E-state index < -0.39 is 0 Å². The summed E-state index contributed by atoms with van der Waals surface area (Å²) >= 11 is 0. The topological polar surface area (TPSA) is 91.0 Å². The van der Waals surface area contributed by atoms with Gasteiger partial charge in [-0.25, -0.2) is 9.97 Å². The van der Waals surface area contributed by atoms with E-state index in [2.05, 4.69) is 20.3 Å². The Bertz CT molecular complexity index is 1070. The number of anilines is 1. The third-order valence-electron chi connectivity index (χ3n) is 5.69. The molecule has 160 valence electrons. The number of H-pyrrole nitrogens is 1. The molecule has 0 spiro atoms. The van der Waals surface area contributed by atoms with Gasteiger partial charge >= 0.3 is 0 Å². The fourth-order valence-electron chi connectivity index (χ4n) is 3.82. The zero-order valence-corrected chi connectivity index (χ0v) is 17.7. The van der Waals surface area contributed by atoms with Crippen LogP contribution in [0.15, 0.2) is 59.5 Å². The Morgan fingerprint density at radius 3 is 2.61 bits per heavy atom. The quantitative estimate of drug-likeness (QED) is 0.642. The largest absolute Gasteiger partial charge is 0.370 e. The Kier molecular flexibility index (Phi) is 6.40. The van der Waals surface area contributed by atoms with Crippen LogP contribution < -0.4 is 10.9 Å². The lowest BCUT2D eigenvalue weighted by Gasteiger charge is -2.32. The summed E-state index contributed by atoms with van der Waals surface area (Å²) in [4.78, 5) is 38.0. The van der Waals surface area contributed by atoms with Crippen molar-refractivity contribution in [2.45, 2.75) is 26.2 Å². The Morgan fingerprint density at radius 1 is 1.16 bits per heavy atom. The molecule has 3 aromatic rings. The van der Waals surface area contributed by atoms with Crippen molar-refractivity contribution >= 4 is 11.7 Å². The predicted molar refractivity (Wildman–Crippen MR) is 121 cm³/mol. The highest BCUT2D eigenvalue weighted by Gasteiger charge is 2.23. The number of hydrogen-bond donors (Lipinski definition) is 2. The number of pyridine rings is 1. The van der Waals surface area contributed by atoms with Gasteiger partial charge < -0.3 is 15.2 Å². The van der Waals surface area contributed by atoms with Gasteiger partial charge in [0.05, 0.1) is 0 Å². The minimum Gasteiger partial charge on any atom is -0.370 e. The van der Waals surface area contributed by atoms with Gasteiger partial charge in [0.15, 0.2) is 0 Å². The average Bonchev–Trinajstić information content (AvgIpc) is 2.83. The summed E-state index contributed by atoms with van der Waals surface area (Å²) in [5, 5.41) is 3.40. The molecule has 7 nitrogen and oxygen atoms in total. The maximum absolute atomic E-state index is 12.6. The van der Waals surface area contributed by atoms with E-state index in [-0.39, 0.29) is 11.5 Å². The van der Waals surface area contributed by atoms with Crippen LogP contribution in [0.4, 0.5) is 5.82 Å². The fourth-order valence-corrected chi connectivity index (χ4v) is 3.82. The number of carbonyl (C=O) groups excluding carboxylic acids is 1. The van der Waals surface area contributed by atoms with E-state index in [0.29, 0.717) is 18.2 Å². The molecular formula is C24H27N5O2. The maximum atomic E-state index is 12.6. The monoisotopic (exact) mass is 417 g/mol. The van der Waals surface area contributed by atoms with Gasteiger partial charge in [-0.3, -0.25) is 9.59 Å². The highest BCUT2D eigenvalue weighted by atomic mass is 16.2. The van der Waals surface area contributed by atoms with Crippen molar-refractivity contribution in [1.29, 1.82) is 0 Å². The second kappa shape index (κ2) is 9.55. The molecule has 0 bridgehead atoms. The van der Waals surface area contributed by atoms with Crippen molar-refractivity contribution in [1.82, 2.24) is 19.9 Å². The summed E-state index contributed by atoms with van der Waals surface area (Å²) in [5.74, 6) is 1.95. The average molecular weight is 418 g/mol. The first-order valence-corrected chi connectivity index (χ1v) is 10.8. The minimum atomic E-state index is -0.152. The highest BCUT2D eigenvalue weighted by molar-refractivity contribution is 5.94. The fraction of sp³-hybridized carbons (Fsp3) is 0.333. The molecule has 1 saturated heterocycles. The van der Waals surface area contributed by atoms with Gasteiger partial charge in [0.1, 0.15) is 11.6 Å². The third kappa shape index (κ3) is 5.17. The number of benzene rings is 1. The normalized spacial score (nSPS) is 14.4. The summed E-state index contributed by atoms with van der Waals surface area (Å²) < 4.78 is 0. The molecule has 0 unspecified atom stereocenters. The number of rotatable bonds is 6. The van der Waals surface area contributed by atoms with Crippen LogP contribution in [0.3, 0.4) is 0 Å². The Balaban J connectivity index is 1.29. The highest BCUT2D eigenvalue weighted by Crippen LogP contribution is 2.20. The van der Waals surface area contributed by atoms with Gasteiger partial charge in [-0.1, -0.05) is 25.1 Å². The van der Waals surface area contributed by atoms with Crippen molar-refractivity contribution in [2.75, 3.05) is 25.0 Å². The maximum Gasteiger partial charge on any atom is 0.253 e. The molecule has 1 aliphatic heterocycles. The number of hydrogen-bond acceptors (Lipinski definition) is 5. The SMILES string of the molecule is CCc1cc(=O)[nH]c(-c2ccc(NCC3CCN(C(=O)c4ccccc4)CC3)nc2)n1. The van der Waals surface area contributed by atoms with Crippen LogP contribution in [0.5, 0.6) is 0 Å². The Hall–Kier alpha value is -3.48. The third-order valence-corrected chi connectivity index (χ3v) is 5.69. The van der Waals surface area contributed by atoms with Gasteiger partial charge in [0.2, 0.25) is 0 Å². The lowest BCUT2D eigenvalue weighted by Crippen LogP contribution is -2.39. The second-order valence-electron chi connectivity index (χ2n) is 7.85. The molecule has 2 N–H and O–H groups in total. The first-order chi connectivity index (χ1) is 15.1. The van der Waals surface area contributed by atoms with E-state index in [9.17, 15) is 9.59 Å². The van der Waals surface area contributed by atoms with Crippen molar-refractivity contribution < 1.29 is 4.79 Å². The molecule has 7 heteroatoms. The van der Waals surface area contributed by atoms with Crippen molar-refractivity contribution in [3.05, 3.63) is 76.3 Å². The smallest absolute Gasteiger partial charge is 0.253 e. The van der Waals surface area contributed by atoms with Crippen molar-refractivity contribution in [2.24, 2.45) is 5.92 Å². The number of aromatic nitrogens is 3. The summed E-state index contributed by atoms with van der Waals surface area (Å²) in [6.45, 7) is 4.34. The molecule has 3 heterocycles. The van der Waals surface area contributed by atoms with E-state index in [0.717, 1.165) is 55.1 Å². The van der Waals surface area contributed by atoms with E-state index in [1.807, 2.05) is 54.3 Å². The second-order valence-corrected chi connectivity index (χ2v) is 7.85. The van der Waals surface area contributed by atoms with Gasteiger partial charge in [-0.05, 0) is 49.4 Å². The number of amides is 1.